The molecule has 198 valence electrons. The molecule has 0 bridgehead atoms. The largest absolute Gasteiger partial charge is 0.390 e. The Balaban J connectivity index is 1.45. The number of fused-ring (bicyclic) bond motifs is 7. The summed E-state index contributed by atoms with van der Waals surface area (Å²) in [7, 11) is 0. The zero-order valence-corrected chi connectivity index (χ0v) is 21.4. The maximum atomic E-state index is 17.4. The van der Waals surface area contributed by atoms with Crippen LogP contribution in [0, 0.1) is 22.7 Å². The van der Waals surface area contributed by atoms with E-state index in [1.165, 1.54) is 19.1 Å². The lowest BCUT2D eigenvalue weighted by atomic mass is 9.44. The SMILES string of the molecule is C[C@]12C=CC(=O)C=C1[C@@H](F)C[C@H]1[C@@H]3C[C@H]4OC(c5ccccc5)O[C@@]4(C(=O)SCF)[C@@]3(C)C[C@H](O)[C@@]12F. The van der Waals surface area contributed by atoms with E-state index in [9.17, 15) is 19.1 Å². The Hall–Kier alpha value is -1.94. The van der Waals surface area contributed by atoms with Crippen molar-refractivity contribution in [2.75, 3.05) is 6.01 Å². The predicted molar refractivity (Wildman–Crippen MR) is 130 cm³/mol. The molecule has 0 amide bonds. The molecule has 1 N–H and O–H groups in total. The fraction of sp³-hybridized carbons (Fsp3) is 0.571. The van der Waals surface area contributed by atoms with Crippen molar-refractivity contribution >= 4 is 22.7 Å². The van der Waals surface area contributed by atoms with Gasteiger partial charge in [0.05, 0.1) is 12.2 Å². The summed E-state index contributed by atoms with van der Waals surface area (Å²) in [6.45, 7) is 3.29. The van der Waals surface area contributed by atoms with Crippen LogP contribution < -0.4 is 0 Å². The van der Waals surface area contributed by atoms with Crippen LogP contribution in [0.3, 0.4) is 0 Å². The van der Waals surface area contributed by atoms with Gasteiger partial charge in [-0.2, -0.15) is 0 Å². The minimum atomic E-state index is -2.28. The average Bonchev–Trinajstić information content (AvgIpc) is 3.37. The van der Waals surface area contributed by atoms with Crippen molar-refractivity contribution in [3.8, 4) is 0 Å². The van der Waals surface area contributed by atoms with Gasteiger partial charge in [-0.15, -0.1) is 0 Å². The molecule has 4 aliphatic carbocycles. The molecule has 1 heterocycles. The second-order valence-electron chi connectivity index (χ2n) is 11.4. The van der Waals surface area contributed by atoms with Crippen LogP contribution in [0.5, 0.6) is 0 Å². The third kappa shape index (κ3) is 3.05. The second-order valence-corrected chi connectivity index (χ2v) is 12.2. The minimum Gasteiger partial charge on any atom is -0.390 e. The highest BCUT2D eigenvalue weighted by molar-refractivity contribution is 8.13. The minimum absolute atomic E-state index is 0.0370. The summed E-state index contributed by atoms with van der Waals surface area (Å²) in [5.41, 5.74) is -5.87. The number of aliphatic hydroxyl groups is 1. The van der Waals surface area contributed by atoms with Crippen LogP contribution in [0.1, 0.15) is 45.0 Å². The summed E-state index contributed by atoms with van der Waals surface area (Å²) in [5, 5.41) is 11.0. The van der Waals surface area contributed by atoms with Crippen LogP contribution >= 0.6 is 11.8 Å². The van der Waals surface area contributed by atoms with Gasteiger partial charge >= 0.3 is 0 Å². The lowest BCUT2D eigenvalue weighted by molar-refractivity contribution is -0.232. The quantitative estimate of drug-likeness (QED) is 0.592. The number of hydrogen-bond donors (Lipinski definition) is 1. The molecule has 0 aromatic heterocycles. The van der Waals surface area contributed by atoms with Gasteiger partial charge in [-0.05, 0) is 49.8 Å². The fourth-order valence-electron chi connectivity index (χ4n) is 8.21. The molecule has 5 nitrogen and oxygen atoms in total. The number of rotatable bonds is 3. The van der Waals surface area contributed by atoms with E-state index in [0.29, 0.717) is 17.3 Å². The van der Waals surface area contributed by atoms with Crippen molar-refractivity contribution in [2.24, 2.45) is 22.7 Å². The van der Waals surface area contributed by atoms with Crippen molar-refractivity contribution in [1.29, 1.82) is 0 Å². The van der Waals surface area contributed by atoms with Crippen LogP contribution in [0.15, 0.2) is 54.1 Å². The average molecular weight is 535 g/mol. The van der Waals surface area contributed by atoms with Crippen molar-refractivity contribution in [1.82, 2.24) is 0 Å². The number of allylic oxidation sites excluding steroid dienone is 4. The molecular weight excluding hydrogens is 505 g/mol. The van der Waals surface area contributed by atoms with Crippen LogP contribution in [-0.2, 0) is 19.1 Å². The molecule has 37 heavy (non-hydrogen) atoms. The molecular formula is C28H29F3O5S. The maximum Gasteiger partial charge on any atom is 0.226 e. The van der Waals surface area contributed by atoms with Crippen molar-refractivity contribution < 1.29 is 37.3 Å². The van der Waals surface area contributed by atoms with Crippen LogP contribution in [0.2, 0.25) is 0 Å². The smallest absolute Gasteiger partial charge is 0.226 e. The molecule has 1 unspecified atom stereocenters. The maximum absolute atomic E-state index is 17.4. The molecule has 1 saturated heterocycles. The van der Waals surface area contributed by atoms with Gasteiger partial charge in [0.15, 0.2) is 23.3 Å². The van der Waals surface area contributed by atoms with E-state index in [0.717, 1.165) is 6.08 Å². The normalized spacial score (nSPS) is 48.1. The van der Waals surface area contributed by atoms with E-state index >= 15 is 8.78 Å². The molecule has 3 saturated carbocycles. The molecule has 6 rings (SSSR count). The van der Waals surface area contributed by atoms with E-state index < -0.39 is 75.5 Å². The van der Waals surface area contributed by atoms with Gasteiger partial charge < -0.3 is 14.6 Å². The Kier molecular flexibility index (Phi) is 5.67. The highest BCUT2D eigenvalue weighted by atomic mass is 32.2. The first-order valence-corrected chi connectivity index (χ1v) is 13.6. The highest BCUT2D eigenvalue weighted by Crippen LogP contribution is 2.73. The van der Waals surface area contributed by atoms with Gasteiger partial charge in [0.25, 0.3) is 0 Å². The van der Waals surface area contributed by atoms with E-state index in [1.807, 2.05) is 18.2 Å². The number of carbonyl (C=O) groups is 2. The molecule has 0 spiro atoms. The first kappa shape index (κ1) is 25.3. The number of hydrogen-bond acceptors (Lipinski definition) is 6. The molecule has 1 aromatic carbocycles. The van der Waals surface area contributed by atoms with E-state index in [1.54, 1.807) is 19.1 Å². The number of halogens is 3. The number of alkyl halides is 3. The van der Waals surface area contributed by atoms with E-state index in [4.69, 9.17) is 9.47 Å². The highest BCUT2D eigenvalue weighted by Gasteiger charge is 2.80. The predicted octanol–water partition coefficient (Wildman–Crippen LogP) is 4.95. The third-order valence-corrected chi connectivity index (χ3v) is 10.6. The molecule has 5 aliphatic rings. The number of aliphatic hydroxyl groups excluding tert-OH is 1. The van der Waals surface area contributed by atoms with Crippen LogP contribution in [-0.4, -0.2) is 51.7 Å². The summed E-state index contributed by atoms with van der Waals surface area (Å²) in [6.07, 6.45) is -1.34. The number of carbonyl (C=O) groups excluding carboxylic acids is 2. The number of ether oxygens (including phenoxy) is 2. The Bertz CT molecular complexity index is 1210. The first-order valence-electron chi connectivity index (χ1n) is 12.6. The van der Waals surface area contributed by atoms with Crippen molar-refractivity contribution in [3.63, 3.8) is 0 Å². The van der Waals surface area contributed by atoms with Gasteiger partial charge in [0.1, 0.15) is 12.2 Å². The lowest BCUT2D eigenvalue weighted by Crippen LogP contribution is -2.70. The molecule has 10 atom stereocenters. The number of thioether (sulfide) groups is 1. The fourth-order valence-corrected chi connectivity index (χ4v) is 8.94. The first-order chi connectivity index (χ1) is 17.5. The zero-order valence-electron chi connectivity index (χ0n) is 20.5. The molecule has 1 aromatic rings. The standard InChI is InChI=1S/C28H29F3O5S/c1-25-9-8-16(32)10-19(25)20(30)11-18-17-12-22-28(24(34)37-14-29,26(17,2)13-21(33)27(18,25)31)36-23(35-22)15-6-4-3-5-7-15/h3-10,17-18,20-23,33H,11-14H2,1-2H3/t17-,18-,20-,21-,22+,23?,25-,26-,27-,28-/m0/s1. The monoisotopic (exact) mass is 534 g/mol. The van der Waals surface area contributed by atoms with Crippen molar-refractivity contribution in [3.05, 3.63) is 59.7 Å². The summed E-state index contributed by atoms with van der Waals surface area (Å²) >= 11 is 0.477. The lowest BCUT2D eigenvalue weighted by Gasteiger charge is -2.63. The Morgan fingerprint density at radius 1 is 1.19 bits per heavy atom. The van der Waals surface area contributed by atoms with Crippen LogP contribution in [0.25, 0.3) is 0 Å². The molecule has 9 heteroatoms. The summed E-state index contributed by atoms with van der Waals surface area (Å²) in [4.78, 5) is 25.7. The molecule has 1 aliphatic heterocycles. The summed E-state index contributed by atoms with van der Waals surface area (Å²) in [6, 6.07) is 8.09. The second kappa shape index (κ2) is 8.28. The third-order valence-electron chi connectivity index (χ3n) is 9.93. The summed E-state index contributed by atoms with van der Waals surface area (Å²) < 4.78 is 59.2. The van der Waals surface area contributed by atoms with E-state index in [-0.39, 0.29) is 24.8 Å². The van der Waals surface area contributed by atoms with E-state index in [2.05, 4.69) is 0 Å². The Morgan fingerprint density at radius 2 is 1.92 bits per heavy atom. The Labute approximate surface area is 217 Å². The van der Waals surface area contributed by atoms with Gasteiger partial charge in [0.2, 0.25) is 5.12 Å². The molecule has 0 radical (unpaired) electrons. The number of benzene rings is 1. The number of ketones is 1. The van der Waals surface area contributed by atoms with Gasteiger partial charge in [-0.3, -0.25) is 9.59 Å². The van der Waals surface area contributed by atoms with Crippen LogP contribution in [0.4, 0.5) is 13.2 Å². The van der Waals surface area contributed by atoms with Gasteiger partial charge in [-0.1, -0.05) is 55.1 Å². The molecule has 4 fully saturated rings. The van der Waals surface area contributed by atoms with Crippen molar-refractivity contribution in [2.45, 2.75) is 69.0 Å². The van der Waals surface area contributed by atoms with Gasteiger partial charge in [0, 0.05) is 22.3 Å². The Morgan fingerprint density at radius 3 is 2.62 bits per heavy atom. The zero-order chi connectivity index (χ0) is 26.4. The summed E-state index contributed by atoms with van der Waals surface area (Å²) in [5.74, 6) is -1.98. The topological polar surface area (TPSA) is 72.8 Å². The van der Waals surface area contributed by atoms with Gasteiger partial charge in [-0.25, -0.2) is 13.2 Å².